The lowest BCUT2D eigenvalue weighted by molar-refractivity contribution is -0.0318. The van der Waals surface area contributed by atoms with Crippen LogP contribution < -0.4 is 5.32 Å². The van der Waals surface area contributed by atoms with Crippen LogP contribution in [-0.2, 0) is 9.47 Å². The van der Waals surface area contributed by atoms with E-state index >= 15 is 0 Å². The summed E-state index contributed by atoms with van der Waals surface area (Å²) in [5.41, 5.74) is 0.584. The van der Waals surface area contributed by atoms with Crippen molar-refractivity contribution < 1.29 is 9.47 Å². The van der Waals surface area contributed by atoms with Crippen molar-refractivity contribution in [1.29, 1.82) is 0 Å². The molecule has 0 aromatic heterocycles. The van der Waals surface area contributed by atoms with Crippen molar-refractivity contribution in [3.8, 4) is 0 Å². The van der Waals surface area contributed by atoms with E-state index in [4.69, 9.17) is 14.5 Å². The number of hydrogen-bond donors (Lipinski definition) is 1. The quantitative estimate of drug-likeness (QED) is 0.453. The van der Waals surface area contributed by atoms with E-state index in [1.54, 1.807) is 0 Å². The zero-order valence-corrected chi connectivity index (χ0v) is 16.1. The molecule has 3 rings (SSSR count). The average Bonchev–Trinajstić information content (AvgIpc) is 3.05. The monoisotopic (exact) mass is 351 g/mol. The highest BCUT2D eigenvalue weighted by Crippen LogP contribution is 2.43. The Bertz CT molecular complexity index is 415. The van der Waals surface area contributed by atoms with Gasteiger partial charge in [-0.3, -0.25) is 4.99 Å². The number of rotatable bonds is 6. The molecule has 1 saturated carbocycles. The molecule has 1 aliphatic carbocycles. The molecule has 0 unspecified atom stereocenters. The molecule has 0 amide bonds. The maximum atomic E-state index is 5.96. The first-order valence-electron chi connectivity index (χ1n) is 10.5. The molecular formula is C20H37N3O2. The summed E-state index contributed by atoms with van der Waals surface area (Å²) >= 11 is 0. The first-order chi connectivity index (χ1) is 12.3. The summed E-state index contributed by atoms with van der Waals surface area (Å²) in [5.74, 6) is 1.12. The van der Waals surface area contributed by atoms with Crippen molar-refractivity contribution >= 4 is 5.96 Å². The summed E-state index contributed by atoms with van der Waals surface area (Å²) < 4.78 is 11.3. The lowest BCUT2D eigenvalue weighted by Crippen LogP contribution is -2.41. The van der Waals surface area contributed by atoms with Crippen LogP contribution in [0.2, 0.25) is 0 Å². The van der Waals surface area contributed by atoms with Gasteiger partial charge in [0.05, 0.1) is 6.10 Å². The van der Waals surface area contributed by atoms with Crippen LogP contribution in [0.1, 0.15) is 64.7 Å². The summed E-state index contributed by atoms with van der Waals surface area (Å²) in [6.07, 6.45) is 12.0. The number of likely N-dealkylation sites (tertiary alicyclic amines) is 1. The standard InChI is InChI=1S/C20H37N3O2/c1-2-21-19(22-12-6-14-25-18-7-15-24-16-8-18)23-13-11-20(17-23)9-4-3-5-10-20/h18H,2-17H2,1H3,(H,21,22). The molecule has 144 valence electrons. The Morgan fingerprint density at radius 2 is 2.00 bits per heavy atom. The lowest BCUT2D eigenvalue weighted by atomic mass is 9.73. The number of guanidine groups is 1. The first kappa shape index (κ1) is 19.0. The fourth-order valence-electron chi connectivity index (χ4n) is 4.59. The molecule has 5 nitrogen and oxygen atoms in total. The molecule has 0 atom stereocenters. The second-order valence-corrected chi connectivity index (χ2v) is 8.00. The van der Waals surface area contributed by atoms with E-state index in [9.17, 15) is 0 Å². The van der Waals surface area contributed by atoms with Crippen molar-refractivity contribution in [3.05, 3.63) is 0 Å². The third kappa shape index (κ3) is 5.58. The van der Waals surface area contributed by atoms with Gasteiger partial charge in [0.2, 0.25) is 0 Å². The topological polar surface area (TPSA) is 46.1 Å². The maximum Gasteiger partial charge on any atom is 0.193 e. The van der Waals surface area contributed by atoms with Crippen LogP contribution >= 0.6 is 0 Å². The third-order valence-electron chi connectivity index (χ3n) is 6.07. The van der Waals surface area contributed by atoms with Gasteiger partial charge >= 0.3 is 0 Å². The van der Waals surface area contributed by atoms with E-state index in [1.807, 2.05) is 0 Å². The number of ether oxygens (including phenoxy) is 2. The van der Waals surface area contributed by atoms with Gasteiger partial charge in [-0.25, -0.2) is 0 Å². The van der Waals surface area contributed by atoms with Crippen LogP contribution in [0.4, 0.5) is 0 Å². The number of nitrogens with zero attached hydrogens (tertiary/aromatic N) is 2. The molecule has 0 aromatic rings. The molecule has 2 saturated heterocycles. The SMILES string of the molecule is CCNC(=NCCCOC1CCOCC1)N1CCC2(CCCCC2)C1. The Hall–Kier alpha value is -0.810. The highest BCUT2D eigenvalue weighted by Gasteiger charge is 2.39. The van der Waals surface area contributed by atoms with Crippen LogP contribution in [0.5, 0.6) is 0 Å². The Morgan fingerprint density at radius 3 is 2.76 bits per heavy atom. The Labute approximate surface area is 153 Å². The third-order valence-corrected chi connectivity index (χ3v) is 6.07. The van der Waals surface area contributed by atoms with E-state index < -0.39 is 0 Å². The Kier molecular flexibility index (Phi) is 7.41. The molecule has 0 bridgehead atoms. The van der Waals surface area contributed by atoms with Gasteiger partial charge in [0.1, 0.15) is 0 Å². The Morgan fingerprint density at radius 1 is 1.20 bits per heavy atom. The van der Waals surface area contributed by atoms with Crippen LogP contribution in [0.25, 0.3) is 0 Å². The van der Waals surface area contributed by atoms with Gasteiger partial charge in [0.15, 0.2) is 5.96 Å². The molecule has 2 aliphatic heterocycles. The van der Waals surface area contributed by atoms with E-state index in [0.717, 1.165) is 58.1 Å². The molecule has 3 aliphatic rings. The van der Waals surface area contributed by atoms with Crippen LogP contribution in [0.3, 0.4) is 0 Å². The second-order valence-electron chi connectivity index (χ2n) is 8.00. The normalized spacial score (nSPS) is 24.8. The number of nitrogens with one attached hydrogen (secondary N) is 1. The van der Waals surface area contributed by atoms with Crippen LogP contribution in [-0.4, -0.2) is 63.0 Å². The number of hydrogen-bond acceptors (Lipinski definition) is 3. The smallest absolute Gasteiger partial charge is 0.193 e. The van der Waals surface area contributed by atoms with Crippen molar-refractivity contribution in [3.63, 3.8) is 0 Å². The van der Waals surface area contributed by atoms with E-state index in [1.165, 1.54) is 51.6 Å². The molecule has 0 aromatic carbocycles. The molecule has 1 N–H and O–H groups in total. The van der Waals surface area contributed by atoms with Gasteiger partial charge in [-0.1, -0.05) is 19.3 Å². The largest absolute Gasteiger partial charge is 0.381 e. The summed E-state index contributed by atoms with van der Waals surface area (Å²) in [6, 6.07) is 0. The van der Waals surface area contributed by atoms with Gasteiger partial charge in [0.25, 0.3) is 0 Å². The van der Waals surface area contributed by atoms with Crippen molar-refractivity contribution in [2.75, 3.05) is 46.0 Å². The van der Waals surface area contributed by atoms with Gasteiger partial charge in [-0.05, 0) is 50.9 Å². The molecular weight excluding hydrogens is 314 g/mol. The molecule has 5 heteroatoms. The fourth-order valence-corrected chi connectivity index (χ4v) is 4.59. The summed E-state index contributed by atoms with van der Waals surface area (Å²) in [6.45, 7) is 8.86. The van der Waals surface area contributed by atoms with Gasteiger partial charge in [-0.15, -0.1) is 0 Å². The maximum absolute atomic E-state index is 5.96. The zero-order valence-electron chi connectivity index (χ0n) is 16.1. The summed E-state index contributed by atoms with van der Waals surface area (Å²) in [4.78, 5) is 7.39. The second kappa shape index (κ2) is 9.77. The predicted octanol–water partition coefficient (Wildman–Crippen LogP) is 3.19. The molecule has 2 heterocycles. The lowest BCUT2D eigenvalue weighted by Gasteiger charge is -2.33. The Balaban J connectivity index is 1.41. The fraction of sp³-hybridized carbons (Fsp3) is 0.950. The highest BCUT2D eigenvalue weighted by molar-refractivity contribution is 5.80. The minimum Gasteiger partial charge on any atom is -0.381 e. The zero-order chi connectivity index (χ0) is 17.4. The summed E-state index contributed by atoms with van der Waals surface area (Å²) in [5, 5.41) is 3.51. The van der Waals surface area contributed by atoms with E-state index in [0.29, 0.717) is 11.5 Å². The minimum atomic E-state index is 0.399. The minimum absolute atomic E-state index is 0.399. The first-order valence-corrected chi connectivity index (χ1v) is 10.5. The molecule has 3 fully saturated rings. The van der Waals surface area contributed by atoms with Gasteiger partial charge < -0.3 is 19.7 Å². The van der Waals surface area contributed by atoms with Gasteiger partial charge in [-0.2, -0.15) is 0 Å². The molecule has 0 radical (unpaired) electrons. The molecule has 1 spiro atoms. The van der Waals surface area contributed by atoms with E-state index in [-0.39, 0.29) is 0 Å². The van der Waals surface area contributed by atoms with Gasteiger partial charge in [0, 0.05) is 46.0 Å². The number of aliphatic imine (C=N–C) groups is 1. The van der Waals surface area contributed by atoms with Crippen LogP contribution in [0.15, 0.2) is 4.99 Å². The average molecular weight is 352 g/mol. The predicted molar refractivity (Wildman–Crippen MR) is 102 cm³/mol. The van der Waals surface area contributed by atoms with Crippen LogP contribution in [0, 0.1) is 5.41 Å². The van der Waals surface area contributed by atoms with E-state index in [2.05, 4.69) is 17.1 Å². The molecule has 25 heavy (non-hydrogen) atoms. The highest BCUT2D eigenvalue weighted by atomic mass is 16.5. The van der Waals surface area contributed by atoms with Crippen molar-refractivity contribution in [2.45, 2.75) is 70.8 Å². The summed E-state index contributed by atoms with van der Waals surface area (Å²) in [7, 11) is 0. The van der Waals surface area contributed by atoms with Crippen molar-refractivity contribution in [2.24, 2.45) is 10.4 Å². The van der Waals surface area contributed by atoms with Crippen molar-refractivity contribution in [1.82, 2.24) is 10.2 Å².